The number of likely N-dealkylation sites (N-methyl/N-ethyl adjacent to an activating group) is 1. The van der Waals surface area contributed by atoms with E-state index in [0.717, 1.165) is 13.1 Å². The summed E-state index contributed by atoms with van der Waals surface area (Å²) in [6.45, 7) is 2.20. The number of hydrogen-bond donors (Lipinski definition) is 0. The highest BCUT2D eigenvalue weighted by Gasteiger charge is 2.26. The average molecular weight is 275 g/mol. The third-order valence-electron chi connectivity index (χ3n) is 3.58. The fourth-order valence-corrected chi connectivity index (χ4v) is 4.46. The van der Waals surface area contributed by atoms with Crippen molar-refractivity contribution in [2.75, 3.05) is 19.8 Å². The molecule has 2 aromatic rings. The maximum absolute atomic E-state index is 2.43. The summed E-state index contributed by atoms with van der Waals surface area (Å²) < 4.78 is 1.46. The number of hydrogen-bond acceptors (Lipinski definition) is 3. The van der Waals surface area contributed by atoms with Gasteiger partial charge in [0, 0.05) is 19.0 Å². The number of rotatable bonds is 2. The fraction of sp³-hybridized carbons (Fsp3) is 0.333. The van der Waals surface area contributed by atoms with Gasteiger partial charge in [-0.2, -0.15) is 0 Å². The van der Waals surface area contributed by atoms with E-state index in [-0.39, 0.29) is 0 Å². The molecule has 0 fully saturated rings. The Labute approximate surface area is 117 Å². The third kappa shape index (κ3) is 2.11. The predicted octanol–water partition coefficient (Wildman–Crippen LogP) is 4.05. The van der Waals surface area contributed by atoms with Gasteiger partial charge < -0.3 is 4.90 Å². The summed E-state index contributed by atoms with van der Waals surface area (Å²) in [5, 5.41) is 2.22. The molecule has 3 heteroatoms. The summed E-state index contributed by atoms with van der Waals surface area (Å²) in [6.07, 6.45) is 2.17. The zero-order valence-corrected chi connectivity index (χ0v) is 12.4. The highest BCUT2D eigenvalue weighted by Crippen LogP contribution is 2.39. The second kappa shape index (κ2) is 5.08. The molecule has 18 heavy (non-hydrogen) atoms. The van der Waals surface area contributed by atoms with E-state index < -0.39 is 0 Å². The predicted molar refractivity (Wildman–Crippen MR) is 80.7 cm³/mol. The molecule has 1 nitrogen and oxygen atoms in total. The van der Waals surface area contributed by atoms with E-state index in [1.54, 1.807) is 0 Å². The molecule has 0 saturated heterocycles. The second-order valence-corrected chi connectivity index (χ2v) is 6.81. The summed E-state index contributed by atoms with van der Waals surface area (Å²) in [6, 6.07) is 11.2. The number of benzene rings is 1. The molecule has 0 amide bonds. The zero-order valence-electron chi connectivity index (χ0n) is 10.7. The lowest BCUT2D eigenvalue weighted by molar-refractivity contribution is 0.294. The number of thioether (sulfide) groups is 1. The van der Waals surface area contributed by atoms with Crippen LogP contribution in [0.3, 0.4) is 0 Å². The van der Waals surface area contributed by atoms with Crippen molar-refractivity contribution in [3.8, 4) is 0 Å². The molecule has 94 valence electrons. The van der Waals surface area contributed by atoms with Gasteiger partial charge in [-0.1, -0.05) is 24.3 Å². The van der Waals surface area contributed by atoms with Crippen LogP contribution in [0.1, 0.15) is 22.6 Å². The van der Waals surface area contributed by atoms with Crippen LogP contribution >= 0.6 is 23.1 Å². The Hall–Kier alpha value is -0.770. The average Bonchev–Trinajstić information content (AvgIpc) is 2.85. The summed E-state index contributed by atoms with van der Waals surface area (Å²) in [7, 11) is 2.22. The first-order valence-corrected chi connectivity index (χ1v) is 8.27. The molecule has 0 radical (unpaired) electrons. The van der Waals surface area contributed by atoms with Gasteiger partial charge in [0.15, 0.2) is 0 Å². The summed E-state index contributed by atoms with van der Waals surface area (Å²) in [5.74, 6) is 0.536. The fourth-order valence-electron chi connectivity index (χ4n) is 2.78. The smallest absolute Gasteiger partial charge is 0.0634 e. The minimum absolute atomic E-state index is 0.536. The topological polar surface area (TPSA) is 3.24 Å². The molecule has 1 unspecified atom stereocenters. The third-order valence-corrected chi connectivity index (χ3v) is 5.70. The molecule has 3 rings (SSSR count). The van der Waals surface area contributed by atoms with Gasteiger partial charge in [-0.15, -0.1) is 23.1 Å². The van der Waals surface area contributed by atoms with Gasteiger partial charge in [0.25, 0.3) is 0 Å². The summed E-state index contributed by atoms with van der Waals surface area (Å²) in [4.78, 5) is 2.43. The molecule has 1 atom stereocenters. The largest absolute Gasteiger partial charge is 0.301 e. The molecule has 0 saturated carbocycles. The lowest BCUT2D eigenvalue weighted by Gasteiger charge is -2.32. The molecule has 1 aromatic carbocycles. The van der Waals surface area contributed by atoms with E-state index in [1.807, 2.05) is 23.1 Å². The van der Waals surface area contributed by atoms with Crippen LogP contribution in [0.4, 0.5) is 0 Å². The molecule has 0 N–H and O–H groups in total. The van der Waals surface area contributed by atoms with Crippen LogP contribution in [-0.2, 0) is 6.54 Å². The molecule has 2 heterocycles. The van der Waals surface area contributed by atoms with Crippen molar-refractivity contribution < 1.29 is 0 Å². The normalized spacial score (nSPS) is 19.8. The minimum Gasteiger partial charge on any atom is -0.301 e. The van der Waals surface area contributed by atoms with Gasteiger partial charge in [-0.25, -0.2) is 0 Å². The van der Waals surface area contributed by atoms with Crippen LogP contribution in [0.25, 0.3) is 0 Å². The van der Waals surface area contributed by atoms with E-state index in [9.17, 15) is 0 Å². The maximum atomic E-state index is 2.43. The Morgan fingerprint density at radius 2 is 2.06 bits per heavy atom. The van der Waals surface area contributed by atoms with Crippen molar-refractivity contribution in [2.45, 2.75) is 16.7 Å². The van der Waals surface area contributed by atoms with Crippen molar-refractivity contribution in [3.63, 3.8) is 0 Å². The number of thiophene rings is 1. The van der Waals surface area contributed by atoms with Gasteiger partial charge in [-0.05, 0) is 41.4 Å². The Bertz CT molecular complexity index is 547. The molecule has 0 aliphatic carbocycles. The van der Waals surface area contributed by atoms with Crippen LogP contribution in [0.5, 0.6) is 0 Å². The summed E-state index contributed by atoms with van der Waals surface area (Å²) >= 11 is 3.74. The standard InChI is InChI=1S/C15H17NS2/c1-16-9-11-5-3-4-6-12(11)14(10-16)13-7-8-18-15(13)17-2/h3-8,14H,9-10H2,1-2H3. The first kappa shape index (κ1) is 12.3. The Morgan fingerprint density at radius 1 is 1.22 bits per heavy atom. The zero-order chi connectivity index (χ0) is 12.5. The highest BCUT2D eigenvalue weighted by atomic mass is 32.2. The number of fused-ring (bicyclic) bond motifs is 1. The van der Waals surface area contributed by atoms with Gasteiger partial charge in [0.2, 0.25) is 0 Å². The van der Waals surface area contributed by atoms with Crippen LogP contribution in [-0.4, -0.2) is 24.7 Å². The Balaban J connectivity index is 2.07. The molecule has 1 aliphatic heterocycles. The molecule has 0 bridgehead atoms. The highest BCUT2D eigenvalue weighted by molar-refractivity contribution is 8.00. The molecular weight excluding hydrogens is 258 g/mol. The maximum Gasteiger partial charge on any atom is 0.0634 e. The monoisotopic (exact) mass is 275 g/mol. The van der Waals surface area contributed by atoms with Gasteiger partial charge in [-0.3, -0.25) is 0 Å². The molecule has 0 spiro atoms. The van der Waals surface area contributed by atoms with E-state index in [1.165, 1.54) is 20.9 Å². The Kier molecular flexibility index (Phi) is 3.46. The van der Waals surface area contributed by atoms with Crippen molar-refractivity contribution in [3.05, 3.63) is 52.4 Å². The van der Waals surface area contributed by atoms with Gasteiger partial charge in [0.05, 0.1) is 4.21 Å². The molecule has 1 aliphatic rings. The first-order valence-electron chi connectivity index (χ1n) is 6.17. The number of nitrogens with zero attached hydrogens (tertiary/aromatic N) is 1. The van der Waals surface area contributed by atoms with Crippen molar-refractivity contribution in [1.29, 1.82) is 0 Å². The lowest BCUT2D eigenvalue weighted by Crippen LogP contribution is -2.30. The van der Waals surface area contributed by atoms with Crippen molar-refractivity contribution in [1.82, 2.24) is 4.90 Å². The first-order chi connectivity index (χ1) is 8.79. The van der Waals surface area contributed by atoms with E-state index >= 15 is 0 Å². The van der Waals surface area contributed by atoms with Crippen LogP contribution in [0.15, 0.2) is 39.9 Å². The Morgan fingerprint density at radius 3 is 2.89 bits per heavy atom. The van der Waals surface area contributed by atoms with Crippen LogP contribution < -0.4 is 0 Å². The van der Waals surface area contributed by atoms with Gasteiger partial charge in [0.1, 0.15) is 0 Å². The van der Waals surface area contributed by atoms with Gasteiger partial charge >= 0.3 is 0 Å². The van der Waals surface area contributed by atoms with Crippen molar-refractivity contribution in [2.24, 2.45) is 0 Å². The molecular formula is C15H17NS2. The van der Waals surface area contributed by atoms with Crippen molar-refractivity contribution >= 4 is 23.1 Å². The quantitative estimate of drug-likeness (QED) is 0.761. The van der Waals surface area contributed by atoms with E-state index in [2.05, 4.69) is 53.9 Å². The van der Waals surface area contributed by atoms with E-state index in [0.29, 0.717) is 5.92 Å². The lowest BCUT2D eigenvalue weighted by atomic mass is 9.86. The van der Waals surface area contributed by atoms with E-state index in [4.69, 9.17) is 0 Å². The minimum atomic E-state index is 0.536. The van der Waals surface area contributed by atoms with Crippen LogP contribution in [0.2, 0.25) is 0 Å². The SMILES string of the molecule is CSc1sccc1C1CN(C)Cc2ccccc21. The molecule has 1 aromatic heterocycles. The summed E-state index contributed by atoms with van der Waals surface area (Å²) in [5.41, 5.74) is 4.50. The van der Waals surface area contributed by atoms with Crippen LogP contribution in [0, 0.1) is 0 Å². The second-order valence-electron chi connectivity index (χ2n) is 4.82.